The third-order valence-electron chi connectivity index (χ3n) is 6.97. The SMILES string of the molecule is Nc1ccc(S(=O)(=O)ONOS(=O)(=O)c2ccc(N)c3c2C(=O)c2ccccc2C3=O)c2c1C(=O)c1ccccc1C2=O. The van der Waals surface area contributed by atoms with Crippen LogP contribution in [0.4, 0.5) is 11.4 Å². The summed E-state index contributed by atoms with van der Waals surface area (Å²) in [6, 6.07) is 15.5. The van der Waals surface area contributed by atoms with Crippen LogP contribution in [0.5, 0.6) is 0 Å². The normalized spacial score (nSPS) is 14.1. The van der Waals surface area contributed by atoms with Crippen LogP contribution in [-0.4, -0.2) is 40.0 Å². The van der Waals surface area contributed by atoms with Gasteiger partial charge in [0.25, 0.3) is 0 Å². The van der Waals surface area contributed by atoms with Crippen LogP contribution in [0.2, 0.25) is 0 Å². The first-order valence-corrected chi connectivity index (χ1v) is 15.0. The van der Waals surface area contributed by atoms with E-state index in [2.05, 4.69) is 8.57 Å². The summed E-state index contributed by atoms with van der Waals surface area (Å²) in [5, 5.41) is 0. The van der Waals surface area contributed by atoms with E-state index in [1.165, 1.54) is 54.2 Å². The van der Waals surface area contributed by atoms with Gasteiger partial charge in [-0.25, -0.2) is 0 Å². The molecule has 43 heavy (non-hydrogen) atoms. The molecule has 6 rings (SSSR count). The van der Waals surface area contributed by atoms with Crippen LogP contribution in [0.15, 0.2) is 82.6 Å². The summed E-state index contributed by atoms with van der Waals surface area (Å²) < 4.78 is 61.7. The van der Waals surface area contributed by atoms with Gasteiger partial charge in [0.15, 0.2) is 23.1 Å². The van der Waals surface area contributed by atoms with Crippen LogP contribution < -0.4 is 17.1 Å². The largest absolute Gasteiger partial charge is 0.398 e. The Bertz CT molecular complexity index is 2040. The molecule has 4 aromatic rings. The fourth-order valence-corrected chi connectivity index (χ4v) is 6.88. The number of nitrogens with two attached hydrogens (primary N) is 2. The van der Waals surface area contributed by atoms with Crippen molar-refractivity contribution in [3.63, 3.8) is 0 Å². The first kappa shape index (κ1) is 28.1. The number of rotatable bonds is 6. The van der Waals surface area contributed by atoms with Gasteiger partial charge in [0.05, 0.1) is 22.3 Å². The Kier molecular flexibility index (Phi) is 6.37. The van der Waals surface area contributed by atoms with Crippen molar-refractivity contribution in [3.05, 3.63) is 117 Å². The number of anilines is 2. The topological polar surface area (TPSA) is 219 Å². The molecule has 4 aromatic carbocycles. The summed E-state index contributed by atoms with van der Waals surface area (Å²) in [4.78, 5) is 51.1. The van der Waals surface area contributed by atoms with Crippen LogP contribution in [0.3, 0.4) is 0 Å². The van der Waals surface area contributed by atoms with Gasteiger partial charge in [-0.1, -0.05) is 48.5 Å². The van der Waals surface area contributed by atoms with Gasteiger partial charge in [-0.05, 0) is 29.9 Å². The molecule has 0 spiro atoms. The minimum absolute atomic E-state index is 0.0252. The van der Waals surface area contributed by atoms with E-state index in [9.17, 15) is 36.0 Å². The lowest BCUT2D eigenvalue weighted by atomic mass is 9.83. The molecular formula is C28H17N3O10S2. The number of fused-ring (bicyclic) bond motifs is 4. The fourth-order valence-electron chi connectivity index (χ4n) is 5.05. The average molecular weight is 620 g/mol. The zero-order chi connectivity index (χ0) is 30.8. The number of nitrogens with one attached hydrogen (secondary N) is 1. The number of hydrogen-bond donors (Lipinski definition) is 3. The Morgan fingerprint density at radius 1 is 0.465 bits per heavy atom. The Morgan fingerprint density at radius 2 is 0.767 bits per heavy atom. The van der Waals surface area contributed by atoms with E-state index in [1.54, 1.807) is 0 Å². The lowest BCUT2D eigenvalue weighted by Crippen LogP contribution is -2.30. The van der Waals surface area contributed by atoms with Gasteiger partial charge in [-0.2, -0.15) is 16.8 Å². The maximum absolute atomic E-state index is 13.3. The van der Waals surface area contributed by atoms with Gasteiger partial charge < -0.3 is 11.5 Å². The van der Waals surface area contributed by atoms with Gasteiger partial charge >= 0.3 is 20.2 Å². The average Bonchev–Trinajstić information content (AvgIpc) is 2.98. The molecule has 216 valence electrons. The van der Waals surface area contributed by atoms with Crippen LogP contribution in [0.25, 0.3) is 0 Å². The minimum atomic E-state index is -5.04. The predicted molar refractivity (Wildman–Crippen MR) is 148 cm³/mol. The molecule has 5 N–H and O–H groups in total. The first-order chi connectivity index (χ1) is 20.3. The maximum atomic E-state index is 13.3. The van der Waals surface area contributed by atoms with Gasteiger partial charge in [-0.3, -0.25) is 19.2 Å². The summed E-state index contributed by atoms with van der Waals surface area (Å²) in [6.07, 6.45) is 0. The number of hydrogen-bond acceptors (Lipinski definition) is 13. The predicted octanol–water partition coefficient (Wildman–Crippen LogP) is 1.93. The van der Waals surface area contributed by atoms with Crippen LogP contribution in [0, 0.1) is 0 Å². The maximum Gasteiger partial charge on any atom is 0.315 e. The molecule has 2 aliphatic carbocycles. The molecule has 2 aliphatic rings. The quantitative estimate of drug-likeness (QED) is 0.179. The number of benzene rings is 4. The van der Waals surface area contributed by atoms with Crippen LogP contribution in [-0.2, 0) is 28.8 Å². The third kappa shape index (κ3) is 4.26. The zero-order valence-electron chi connectivity index (χ0n) is 21.5. The molecule has 13 nitrogen and oxygen atoms in total. The smallest absolute Gasteiger partial charge is 0.315 e. The molecule has 0 aromatic heterocycles. The Balaban J connectivity index is 1.32. The monoisotopic (exact) mass is 619 g/mol. The highest BCUT2D eigenvalue weighted by atomic mass is 32.2. The molecule has 0 saturated carbocycles. The number of nitrogen functional groups attached to an aromatic ring is 2. The van der Waals surface area contributed by atoms with Crippen molar-refractivity contribution in [1.29, 1.82) is 0 Å². The molecule has 0 bridgehead atoms. The van der Waals surface area contributed by atoms with Crippen LogP contribution >= 0.6 is 0 Å². The Morgan fingerprint density at radius 3 is 1.09 bits per heavy atom. The second-order valence-electron chi connectivity index (χ2n) is 9.37. The van der Waals surface area contributed by atoms with Crippen LogP contribution in [0.1, 0.15) is 63.7 Å². The lowest BCUT2D eigenvalue weighted by molar-refractivity contribution is -0.00741. The Labute approximate surface area is 243 Å². The van der Waals surface area contributed by atoms with Gasteiger partial charge in [0.2, 0.25) is 0 Å². The molecule has 15 heteroatoms. The molecule has 0 heterocycles. The summed E-state index contributed by atoms with van der Waals surface area (Å²) in [7, 11) is -10.1. The summed E-state index contributed by atoms with van der Waals surface area (Å²) in [5.41, 5.74) is 10.9. The second-order valence-corrected chi connectivity index (χ2v) is 12.4. The van der Waals surface area contributed by atoms with Gasteiger partial charge in [0.1, 0.15) is 9.79 Å². The highest BCUT2D eigenvalue weighted by Crippen LogP contribution is 2.37. The minimum Gasteiger partial charge on any atom is -0.398 e. The van der Waals surface area contributed by atoms with Crippen molar-refractivity contribution in [3.8, 4) is 0 Å². The molecule has 0 radical (unpaired) electrons. The van der Waals surface area contributed by atoms with Crippen molar-refractivity contribution < 1.29 is 44.6 Å². The van der Waals surface area contributed by atoms with Crippen molar-refractivity contribution in [2.24, 2.45) is 0 Å². The molecular weight excluding hydrogens is 602 g/mol. The highest BCUT2D eigenvalue weighted by molar-refractivity contribution is 7.87. The molecule has 0 saturated heterocycles. The lowest BCUT2D eigenvalue weighted by Gasteiger charge is -2.21. The molecule has 0 amide bonds. The number of carbonyl (C=O) groups is 4. The van der Waals surface area contributed by atoms with E-state index in [4.69, 9.17) is 11.5 Å². The summed E-state index contributed by atoms with van der Waals surface area (Å²) in [5.74, 6) is -3.05. The van der Waals surface area contributed by atoms with E-state index in [0.717, 1.165) is 24.3 Å². The number of carbonyl (C=O) groups excluding carboxylic acids is 4. The first-order valence-electron chi connectivity index (χ1n) is 12.2. The van der Waals surface area contributed by atoms with Crippen molar-refractivity contribution in [1.82, 2.24) is 5.64 Å². The van der Waals surface area contributed by atoms with E-state index in [1.807, 2.05) is 0 Å². The summed E-state index contributed by atoms with van der Waals surface area (Å²) in [6.45, 7) is 0. The Hall–Kier alpha value is -5.06. The molecule has 0 fully saturated rings. The molecule has 0 atom stereocenters. The zero-order valence-corrected chi connectivity index (χ0v) is 23.1. The van der Waals surface area contributed by atoms with Gasteiger partial charge in [0, 0.05) is 33.6 Å². The fraction of sp³-hybridized carbons (Fsp3) is 0. The summed E-state index contributed by atoms with van der Waals surface area (Å²) >= 11 is 0. The third-order valence-corrected chi connectivity index (χ3v) is 9.30. The van der Waals surface area contributed by atoms with E-state index < -0.39 is 64.3 Å². The van der Waals surface area contributed by atoms with E-state index >= 15 is 0 Å². The van der Waals surface area contributed by atoms with Crippen molar-refractivity contribution >= 4 is 54.7 Å². The molecule has 0 unspecified atom stereocenters. The highest BCUT2D eigenvalue weighted by Gasteiger charge is 2.39. The van der Waals surface area contributed by atoms with Gasteiger partial charge in [-0.15, -0.1) is 8.57 Å². The second kappa shape index (κ2) is 9.75. The van der Waals surface area contributed by atoms with E-state index in [-0.39, 0.29) is 44.8 Å². The standard InChI is InChI=1S/C28H17N3O10S2/c29-17-9-11-19(23-21(17)25(32)13-5-1-3-7-15(13)27(23)34)42(36,37)40-31-41-43(38,39)20-12-10-18(30)22-24(20)28(35)16-8-4-2-6-14(16)26(22)33/h1-12,31H,29-30H2. The van der Waals surface area contributed by atoms with Crippen molar-refractivity contribution in [2.75, 3.05) is 11.5 Å². The molecule has 0 aliphatic heterocycles. The number of ketones is 4. The van der Waals surface area contributed by atoms with Crippen molar-refractivity contribution in [2.45, 2.75) is 9.79 Å². The van der Waals surface area contributed by atoms with E-state index in [0.29, 0.717) is 0 Å².